The summed E-state index contributed by atoms with van der Waals surface area (Å²) < 4.78 is 30.4. The minimum absolute atomic E-state index is 0.00606. The van der Waals surface area contributed by atoms with Gasteiger partial charge >= 0.3 is 0 Å². The normalized spacial score (nSPS) is 14.3. The van der Waals surface area contributed by atoms with Crippen LogP contribution in [0.2, 0.25) is 5.02 Å². The Balaban J connectivity index is 1.56. The Hall–Kier alpha value is -3.66. The van der Waals surface area contributed by atoms with Crippen molar-refractivity contribution < 1.29 is 18.0 Å². The molecule has 1 aliphatic rings. The molecule has 0 heterocycles. The molecule has 0 bridgehead atoms. The van der Waals surface area contributed by atoms with Gasteiger partial charge in [-0.15, -0.1) is 0 Å². The van der Waals surface area contributed by atoms with Gasteiger partial charge in [-0.25, -0.2) is 8.42 Å². The van der Waals surface area contributed by atoms with Crippen molar-refractivity contribution in [2.75, 3.05) is 10.8 Å². The van der Waals surface area contributed by atoms with E-state index in [2.05, 4.69) is 21.2 Å². The first-order valence-electron chi connectivity index (χ1n) is 15.8. The molecule has 7 nitrogen and oxygen atoms in total. The van der Waals surface area contributed by atoms with E-state index < -0.39 is 28.5 Å². The van der Waals surface area contributed by atoms with Crippen LogP contribution < -0.4 is 9.62 Å². The highest BCUT2D eigenvalue weighted by molar-refractivity contribution is 9.10. The van der Waals surface area contributed by atoms with Crippen LogP contribution in [0.3, 0.4) is 0 Å². The van der Waals surface area contributed by atoms with E-state index in [0.29, 0.717) is 10.7 Å². The van der Waals surface area contributed by atoms with Gasteiger partial charge in [0.1, 0.15) is 12.6 Å². The highest BCUT2D eigenvalue weighted by Crippen LogP contribution is 2.27. The number of carbonyl (C=O) groups is 2. The standard InChI is InChI=1S/C37H39BrClN3O4S/c1-27-9-8-14-33(23-27)42(47(45,46)34-21-19-31(39)20-22-34)26-36(43)41(25-29-15-17-30(38)18-16-29)35(24-28-10-4-2-5-11-28)37(44)40-32-12-6-3-7-13-32/h2,4-5,8-11,14-23,32,35H,3,6-7,12-13,24-26H2,1H3,(H,40,44). The first kappa shape index (κ1) is 34.7. The van der Waals surface area contributed by atoms with Crippen LogP contribution in [-0.4, -0.2) is 43.8 Å². The Bertz CT molecular complexity index is 1760. The fraction of sp³-hybridized carbons (Fsp3) is 0.297. The molecule has 5 rings (SSSR count). The lowest BCUT2D eigenvalue weighted by Crippen LogP contribution is -2.55. The van der Waals surface area contributed by atoms with Crippen molar-refractivity contribution >= 4 is 55.1 Å². The largest absolute Gasteiger partial charge is 0.352 e. The summed E-state index contributed by atoms with van der Waals surface area (Å²) >= 11 is 9.56. The molecule has 2 amide bonds. The van der Waals surface area contributed by atoms with Crippen LogP contribution in [0, 0.1) is 6.92 Å². The summed E-state index contributed by atoms with van der Waals surface area (Å²) in [6.45, 7) is 1.47. The van der Waals surface area contributed by atoms with Crippen LogP contribution in [0.1, 0.15) is 48.8 Å². The second kappa shape index (κ2) is 16.0. The zero-order chi connectivity index (χ0) is 33.4. The smallest absolute Gasteiger partial charge is 0.264 e. The van der Waals surface area contributed by atoms with Gasteiger partial charge < -0.3 is 10.2 Å². The molecule has 1 saturated carbocycles. The van der Waals surface area contributed by atoms with Gasteiger partial charge in [0.2, 0.25) is 11.8 Å². The third-order valence-electron chi connectivity index (χ3n) is 8.46. The first-order valence-corrected chi connectivity index (χ1v) is 18.4. The number of hydrogen-bond donors (Lipinski definition) is 1. The molecule has 4 aromatic carbocycles. The first-order chi connectivity index (χ1) is 22.6. The molecule has 10 heteroatoms. The van der Waals surface area contributed by atoms with Crippen LogP contribution in [-0.2, 0) is 32.6 Å². The number of anilines is 1. The van der Waals surface area contributed by atoms with E-state index in [-0.39, 0.29) is 29.8 Å². The number of benzene rings is 4. The fourth-order valence-electron chi connectivity index (χ4n) is 5.93. The second-order valence-corrected chi connectivity index (χ2v) is 15.2. The average molecular weight is 737 g/mol. The minimum Gasteiger partial charge on any atom is -0.352 e. The summed E-state index contributed by atoms with van der Waals surface area (Å²) in [6.07, 6.45) is 5.30. The van der Waals surface area contributed by atoms with Crippen molar-refractivity contribution in [3.8, 4) is 0 Å². The maximum absolute atomic E-state index is 14.7. The molecule has 0 spiro atoms. The maximum atomic E-state index is 14.7. The molecule has 47 heavy (non-hydrogen) atoms. The summed E-state index contributed by atoms with van der Waals surface area (Å²) in [5.74, 6) is -0.736. The van der Waals surface area contributed by atoms with Crippen LogP contribution in [0.4, 0.5) is 5.69 Å². The van der Waals surface area contributed by atoms with Crippen molar-refractivity contribution in [2.24, 2.45) is 0 Å². The monoisotopic (exact) mass is 735 g/mol. The lowest BCUT2D eigenvalue weighted by molar-refractivity contribution is -0.140. The number of amides is 2. The Morgan fingerprint density at radius 2 is 1.55 bits per heavy atom. The summed E-state index contributed by atoms with van der Waals surface area (Å²) in [4.78, 5) is 30.4. The molecule has 0 aromatic heterocycles. The van der Waals surface area contributed by atoms with Crippen LogP contribution in [0.5, 0.6) is 0 Å². The summed E-state index contributed by atoms with van der Waals surface area (Å²) in [5.41, 5.74) is 2.90. The zero-order valence-electron chi connectivity index (χ0n) is 26.3. The van der Waals surface area contributed by atoms with Gasteiger partial charge in [-0.2, -0.15) is 0 Å². The molecule has 246 valence electrons. The number of sulfonamides is 1. The van der Waals surface area contributed by atoms with E-state index in [0.717, 1.165) is 57.6 Å². The Kier molecular flexibility index (Phi) is 11.8. The second-order valence-electron chi connectivity index (χ2n) is 12.0. The van der Waals surface area contributed by atoms with Crippen LogP contribution in [0.25, 0.3) is 0 Å². The SMILES string of the molecule is Cc1cccc(N(CC(=O)N(Cc2ccc(Br)cc2)C(Cc2ccccc2)C(=O)NC2CCCCC2)S(=O)(=O)c2ccc(Cl)cc2)c1. The Morgan fingerprint density at radius 1 is 0.872 bits per heavy atom. The van der Waals surface area contributed by atoms with Crippen molar-refractivity contribution in [1.82, 2.24) is 10.2 Å². The van der Waals surface area contributed by atoms with Gasteiger partial charge in [0.05, 0.1) is 10.6 Å². The molecule has 1 N–H and O–H groups in total. The Morgan fingerprint density at radius 3 is 2.21 bits per heavy atom. The number of hydrogen-bond acceptors (Lipinski definition) is 4. The average Bonchev–Trinajstić information content (AvgIpc) is 3.07. The number of nitrogens with one attached hydrogen (secondary N) is 1. The van der Waals surface area contributed by atoms with Crippen molar-refractivity contribution in [1.29, 1.82) is 0 Å². The molecular weight excluding hydrogens is 698 g/mol. The number of rotatable bonds is 12. The predicted molar refractivity (Wildman–Crippen MR) is 191 cm³/mol. The lowest BCUT2D eigenvalue weighted by Gasteiger charge is -2.35. The third kappa shape index (κ3) is 9.24. The zero-order valence-corrected chi connectivity index (χ0v) is 29.5. The molecule has 0 radical (unpaired) electrons. The van der Waals surface area contributed by atoms with E-state index in [1.165, 1.54) is 29.2 Å². The van der Waals surface area contributed by atoms with Crippen molar-refractivity contribution in [2.45, 2.75) is 69.0 Å². The van der Waals surface area contributed by atoms with E-state index in [1.54, 1.807) is 18.2 Å². The molecule has 1 atom stereocenters. The highest BCUT2D eigenvalue weighted by atomic mass is 79.9. The van der Waals surface area contributed by atoms with Gasteiger partial charge in [0.15, 0.2) is 0 Å². The van der Waals surface area contributed by atoms with Crippen LogP contribution in [0.15, 0.2) is 112 Å². The summed E-state index contributed by atoms with van der Waals surface area (Å²) in [5, 5.41) is 3.64. The van der Waals surface area contributed by atoms with Gasteiger partial charge in [0.25, 0.3) is 10.0 Å². The van der Waals surface area contributed by atoms with E-state index >= 15 is 0 Å². The van der Waals surface area contributed by atoms with Crippen molar-refractivity contribution in [3.63, 3.8) is 0 Å². The van der Waals surface area contributed by atoms with Gasteiger partial charge in [0, 0.05) is 28.5 Å². The lowest BCUT2D eigenvalue weighted by atomic mass is 9.94. The molecule has 1 unspecified atom stereocenters. The van der Waals surface area contributed by atoms with Gasteiger partial charge in [-0.3, -0.25) is 13.9 Å². The van der Waals surface area contributed by atoms with E-state index in [1.807, 2.05) is 67.6 Å². The third-order valence-corrected chi connectivity index (χ3v) is 11.0. The van der Waals surface area contributed by atoms with Crippen molar-refractivity contribution in [3.05, 3.63) is 129 Å². The topological polar surface area (TPSA) is 86.8 Å². The molecular formula is C37H39BrClN3O4S. The molecule has 0 saturated heterocycles. The molecule has 1 aliphatic carbocycles. The Labute approximate surface area is 291 Å². The predicted octanol–water partition coefficient (Wildman–Crippen LogP) is 7.70. The number of aryl methyl sites for hydroxylation is 1. The fourth-order valence-corrected chi connectivity index (χ4v) is 7.73. The summed E-state index contributed by atoms with van der Waals surface area (Å²) in [6, 6.07) is 29.2. The maximum Gasteiger partial charge on any atom is 0.264 e. The molecule has 4 aromatic rings. The quantitative estimate of drug-likeness (QED) is 0.162. The minimum atomic E-state index is -4.20. The van der Waals surface area contributed by atoms with E-state index in [9.17, 15) is 18.0 Å². The highest BCUT2D eigenvalue weighted by Gasteiger charge is 2.35. The molecule has 0 aliphatic heterocycles. The van der Waals surface area contributed by atoms with Crippen LogP contribution >= 0.6 is 27.5 Å². The van der Waals surface area contributed by atoms with Gasteiger partial charge in [-0.05, 0) is 85.0 Å². The number of carbonyl (C=O) groups excluding carboxylic acids is 2. The summed E-state index contributed by atoms with van der Waals surface area (Å²) in [7, 11) is -4.20. The van der Waals surface area contributed by atoms with E-state index in [4.69, 9.17) is 11.6 Å². The van der Waals surface area contributed by atoms with Gasteiger partial charge in [-0.1, -0.05) is 101 Å². The number of nitrogens with zero attached hydrogens (tertiary/aromatic N) is 2. The number of halogens is 2. The molecule has 1 fully saturated rings.